The number of aromatic nitrogens is 2. The van der Waals surface area contributed by atoms with E-state index in [0.29, 0.717) is 5.52 Å². The summed E-state index contributed by atoms with van der Waals surface area (Å²) < 4.78 is 14.4. The molecular formula is C18H13FN2O4. The summed E-state index contributed by atoms with van der Waals surface area (Å²) in [6.07, 6.45) is 3.07. The van der Waals surface area contributed by atoms with Crippen LogP contribution in [0.25, 0.3) is 23.2 Å². The SMILES string of the molecule is O=C(O)Cn1c(=O)c(/C=C/c2ccc(O)cc2)nc2ccc(F)cc21. The maximum Gasteiger partial charge on any atom is 0.323 e. The van der Waals surface area contributed by atoms with Crippen LogP contribution in [0.15, 0.2) is 47.3 Å². The van der Waals surface area contributed by atoms with Crippen LogP contribution in [-0.4, -0.2) is 25.7 Å². The minimum atomic E-state index is -1.22. The second kappa shape index (κ2) is 6.56. The average molecular weight is 340 g/mol. The summed E-state index contributed by atoms with van der Waals surface area (Å²) >= 11 is 0. The molecule has 0 saturated carbocycles. The molecular weight excluding hydrogens is 327 g/mol. The smallest absolute Gasteiger partial charge is 0.323 e. The third kappa shape index (κ3) is 3.55. The molecule has 2 aromatic carbocycles. The van der Waals surface area contributed by atoms with Crippen LogP contribution >= 0.6 is 0 Å². The van der Waals surface area contributed by atoms with Crippen molar-refractivity contribution in [1.29, 1.82) is 0 Å². The van der Waals surface area contributed by atoms with Crippen LogP contribution in [0.5, 0.6) is 5.75 Å². The summed E-state index contributed by atoms with van der Waals surface area (Å²) in [7, 11) is 0. The van der Waals surface area contributed by atoms with Gasteiger partial charge in [0, 0.05) is 0 Å². The third-order valence-corrected chi connectivity index (χ3v) is 3.55. The fraction of sp³-hybridized carbons (Fsp3) is 0.0556. The first kappa shape index (κ1) is 16.4. The summed E-state index contributed by atoms with van der Waals surface area (Å²) in [5, 5.41) is 18.3. The molecule has 0 saturated heterocycles. The van der Waals surface area contributed by atoms with E-state index in [-0.39, 0.29) is 17.0 Å². The molecule has 6 nitrogen and oxygen atoms in total. The molecule has 0 radical (unpaired) electrons. The van der Waals surface area contributed by atoms with E-state index in [0.717, 1.165) is 16.2 Å². The fourth-order valence-electron chi connectivity index (χ4n) is 2.39. The van der Waals surface area contributed by atoms with Crippen molar-refractivity contribution in [3.63, 3.8) is 0 Å². The number of hydrogen-bond donors (Lipinski definition) is 2. The first-order valence-corrected chi connectivity index (χ1v) is 7.33. The molecule has 3 aromatic rings. The zero-order valence-corrected chi connectivity index (χ0v) is 12.9. The van der Waals surface area contributed by atoms with E-state index >= 15 is 0 Å². The predicted molar refractivity (Wildman–Crippen MR) is 90.6 cm³/mol. The molecule has 3 rings (SSSR count). The van der Waals surface area contributed by atoms with Crippen LogP contribution in [0.3, 0.4) is 0 Å². The van der Waals surface area contributed by atoms with Crippen molar-refractivity contribution in [3.05, 3.63) is 69.9 Å². The Kier molecular flexibility index (Phi) is 4.30. The van der Waals surface area contributed by atoms with Gasteiger partial charge in [-0.25, -0.2) is 9.37 Å². The van der Waals surface area contributed by atoms with Crippen LogP contribution in [0.1, 0.15) is 11.3 Å². The van der Waals surface area contributed by atoms with Crippen molar-refractivity contribution in [2.24, 2.45) is 0 Å². The molecule has 0 aliphatic rings. The standard InChI is InChI=1S/C18H13FN2O4/c19-12-4-8-14-16(9-12)21(10-17(23)24)18(25)15(20-14)7-3-11-1-5-13(22)6-2-11/h1-9,22H,10H2,(H,23,24)/b7-3+. The van der Waals surface area contributed by atoms with Gasteiger partial charge in [-0.2, -0.15) is 0 Å². The van der Waals surface area contributed by atoms with Crippen molar-refractivity contribution >= 4 is 29.2 Å². The van der Waals surface area contributed by atoms with Crippen LogP contribution in [0, 0.1) is 5.82 Å². The second-order valence-electron chi connectivity index (χ2n) is 5.34. The van der Waals surface area contributed by atoms with Crippen LogP contribution in [-0.2, 0) is 11.3 Å². The minimum absolute atomic E-state index is 0.0356. The minimum Gasteiger partial charge on any atom is -0.508 e. The van der Waals surface area contributed by atoms with Crippen molar-refractivity contribution in [2.45, 2.75) is 6.54 Å². The second-order valence-corrected chi connectivity index (χ2v) is 5.34. The van der Waals surface area contributed by atoms with Gasteiger partial charge in [0.05, 0.1) is 11.0 Å². The Morgan fingerprint density at radius 3 is 2.56 bits per heavy atom. The topological polar surface area (TPSA) is 92.4 Å². The quantitative estimate of drug-likeness (QED) is 0.761. The van der Waals surface area contributed by atoms with Gasteiger partial charge < -0.3 is 10.2 Å². The maximum absolute atomic E-state index is 13.5. The number of carboxylic acid groups (broad SMARTS) is 1. The van der Waals surface area contributed by atoms with Crippen molar-refractivity contribution < 1.29 is 19.4 Å². The van der Waals surface area contributed by atoms with E-state index in [4.69, 9.17) is 5.11 Å². The highest BCUT2D eigenvalue weighted by molar-refractivity contribution is 5.79. The van der Waals surface area contributed by atoms with Crippen LogP contribution in [0.4, 0.5) is 4.39 Å². The Labute approximate surface area is 141 Å². The Balaban J connectivity index is 2.13. The highest BCUT2D eigenvalue weighted by atomic mass is 19.1. The number of nitrogens with zero attached hydrogens (tertiary/aromatic N) is 2. The summed E-state index contributed by atoms with van der Waals surface area (Å²) in [5.41, 5.74) is 0.564. The number of phenols is 1. The Morgan fingerprint density at radius 1 is 1.16 bits per heavy atom. The lowest BCUT2D eigenvalue weighted by atomic mass is 10.2. The van der Waals surface area contributed by atoms with Gasteiger partial charge in [-0.3, -0.25) is 14.2 Å². The molecule has 0 unspecified atom stereocenters. The van der Waals surface area contributed by atoms with Crippen molar-refractivity contribution in [2.75, 3.05) is 0 Å². The van der Waals surface area contributed by atoms with Gasteiger partial charge in [0.15, 0.2) is 0 Å². The molecule has 1 heterocycles. The average Bonchev–Trinajstić information content (AvgIpc) is 2.57. The lowest BCUT2D eigenvalue weighted by Crippen LogP contribution is -2.27. The number of hydrogen-bond acceptors (Lipinski definition) is 4. The van der Waals surface area contributed by atoms with Crippen molar-refractivity contribution in [1.82, 2.24) is 9.55 Å². The van der Waals surface area contributed by atoms with Gasteiger partial charge in [-0.1, -0.05) is 18.2 Å². The number of aromatic hydroxyl groups is 1. The highest BCUT2D eigenvalue weighted by Crippen LogP contribution is 2.15. The number of fused-ring (bicyclic) bond motifs is 1. The van der Waals surface area contributed by atoms with E-state index < -0.39 is 23.9 Å². The normalized spacial score (nSPS) is 11.2. The maximum atomic E-state index is 13.5. The number of carboxylic acids is 1. The van der Waals surface area contributed by atoms with Gasteiger partial charge in [-0.05, 0) is 42.0 Å². The number of phenolic OH excluding ortho intramolecular Hbond substituents is 1. The first-order valence-electron chi connectivity index (χ1n) is 7.33. The van der Waals surface area contributed by atoms with Gasteiger partial charge in [0.2, 0.25) is 0 Å². The third-order valence-electron chi connectivity index (χ3n) is 3.55. The van der Waals surface area contributed by atoms with Gasteiger partial charge >= 0.3 is 5.97 Å². The van der Waals surface area contributed by atoms with Crippen LogP contribution < -0.4 is 5.56 Å². The highest BCUT2D eigenvalue weighted by Gasteiger charge is 2.12. The van der Waals surface area contributed by atoms with E-state index in [1.54, 1.807) is 18.2 Å². The Bertz CT molecular complexity index is 1040. The number of rotatable bonds is 4. The lowest BCUT2D eigenvalue weighted by molar-refractivity contribution is -0.137. The molecule has 126 valence electrons. The zero-order chi connectivity index (χ0) is 18.0. The van der Waals surface area contributed by atoms with E-state index in [9.17, 15) is 19.1 Å². The van der Waals surface area contributed by atoms with Gasteiger partial charge in [-0.15, -0.1) is 0 Å². The molecule has 0 spiro atoms. The molecule has 0 aliphatic heterocycles. The summed E-state index contributed by atoms with van der Waals surface area (Å²) in [6.45, 7) is -0.596. The lowest BCUT2D eigenvalue weighted by Gasteiger charge is -2.09. The van der Waals surface area contributed by atoms with E-state index in [1.807, 2.05) is 0 Å². The van der Waals surface area contributed by atoms with Crippen LogP contribution in [0.2, 0.25) is 0 Å². The largest absolute Gasteiger partial charge is 0.508 e. The van der Waals surface area contributed by atoms with Gasteiger partial charge in [0.1, 0.15) is 23.8 Å². The zero-order valence-electron chi connectivity index (χ0n) is 12.9. The first-order chi connectivity index (χ1) is 11.9. The van der Waals surface area contributed by atoms with Gasteiger partial charge in [0.25, 0.3) is 5.56 Å². The van der Waals surface area contributed by atoms with Crippen molar-refractivity contribution in [3.8, 4) is 5.75 Å². The number of halogens is 1. The molecule has 0 bridgehead atoms. The molecule has 2 N–H and O–H groups in total. The molecule has 7 heteroatoms. The monoisotopic (exact) mass is 340 g/mol. The molecule has 0 fully saturated rings. The molecule has 0 amide bonds. The van der Waals surface area contributed by atoms with E-state index in [1.165, 1.54) is 30.3 Å². The molecule has 25 heavy (non-hydrogen) atoms. The summed E-state index contributed by atoms with van der Waals surface area (Å²) in [5.74, 6) is -1.68. The number of benzene rings is 2. The molecule has 0 aliphatic carbocycles. The summed E-state index contributed by atoms with van der Waals surface area (Å²) in [4.78, 5) is 27.8. The number of aliphatic carboxylic acids is 1. The Morgan fingerprint density at radius 2 is 1.88 bits per heavy atom. The predicted octanol–water partition coefficient (Wildman–Crippen LogP) is 2.50. The fourth-order valence-corrected chi connectivity index (χ4v) is 2.39. The number of carbonyl (C=O) groups is 1. The van der Waals surface area contributed by atoms with E-state index in [2.05, 4.69) is 4.98 Å². The molecule has 0 atom stereocenters. The summed E-state index contributed by atoms with van der Waals surface area (Å²) in [6, 6.07) is 9.97. The Hall–Kier alpha value is -3.48. The molecule has 1 aromatic heterocycles.